The van der Waals surface area contributed by atoms with Gasteiger partial charge in [0.2, 0.25) is 0 Å². The van der Waals surface area contributed by atoms with E-state index < -0.39 is 0 Å². The van der Waals surface area contributed by atoms with Crippen LogP contribution in [0.25, 0.3) is 0 Å². The molecule has 0 aliphatic rings. The minimum Gasteiger partial charge on any atom is -0.397 e. The first kappa shape index (κ1) is 29.3. The first-order valence-corrected chi connectivity index (χ1v) is 4.09. The van der Waals surface area contributed by atoms with Crippen molar-refractivity contribution in [2.75, 3.05) is 26.4 Å². The highest BCUT2D eigenvalue weighted by Crippen LogP contribution is 1.30. The summed E-state index contributed by atoms with van der Waals surface area (Å²) in [7, 11) is 0. The van der Waals surface area contributed by atoms with Crippen LogP contribution in [0.5, 0.6) is 0 Å². The second-order valence-electron chi connectivity index (χ2n) is 1.26. The van der Waals surface area contributed by atoms with Gasteiger partial charge in [-0.2, -0.15) is 0 Å². The predicted octanol–water partition coefficient (Wildman–Crippen LogP) is 0.147. The van der Waals surface area contributed by atoms with Crippen LogP contribution in [0.3, 0.4) is 0 Å². The molecule has 0 aromatic carbocycles. The normalized spacial score (nSPS) is 5.54. The fourth-order valence-corrected chi connectivity index (χ4v) is 0. The van der Waals surface area contributed by atoms with Gasteiger partial charge in [-0.15, -0.1) is 0 Å². The van der Waals surface area contributed by atoms with Crippen LogP contribution in [0, 0.1) is 0 Å². The Labute approximate surface area is 80.2 Å². The largest absolute Gasteiger partial charge is 0.397 e. The third kappa shape index (κ3) is 21200. The van der Waals surface area contributed by atoms with Gasteiger partial charge in [0.25, 0.3) is 0 Å². The van der Waals surface area contributed by atoms with Crippen molar-refractivity contribution in [3.8, 4) is 0 Å². The Morgan fingerprint density at radius 1 is 0.538 bits per heavy atom. The predicted molar refractivity (Wildman–Crippen MR) is 53.5 cm³/mol. The Morgan fingerprint density at radius 3 is 0.538 bits per heavy atom. The number of rotatable bonds is 0. The molecule has 0 amide bonds. The Balaban J connectivity index is -0.0000000213. The van der Waals surface area contributed by atoms with E-state index in [0.717, 1.165) is 0 Å². The molecular formula is C8H25FO4. The van der Waals surface area contributed by atoms with Gasteiger partial charge in [0.15, 0.2) is 0 Å². The highest BCUT2D eigenvalue weighted by Gasteiger charge is 1.35. The van der Waals surface area contributed by atoms with Crippen LogP contribution < -0.4 is 0 Å². The Hall–Kier alpha value is -0.230. The van der Waals surface area contributed by atoms with Crippen LogP contribution in [0.4, 0.5) is 4.70 Å². The van der Waals surface area contributed by atoms with E-state index in [-0.39, 0.29) is 31.1 Å². The smallest absolute Gasteiger partial charge is 0.0402 e. The van der Waals surface area contributed by atoms with Gasteiger partial charge < -0.3 is 20.4 Å². The first-order chi connectivity index (χ1) is 5.66. The number of hydrogen-bond acceptors (Lipinski definition) is 4. The minimum absolute atomic E-state index is 0. The number of aliphatic hydroxyl groups excluding tert-OH is 4. The van der Waals surface area contributed by atoms with Crippen molar-refractivity contribution in [1.29, 1.82) is 0 Å². The van der Waals surface area contributed by atoms with Crippen molar-refractivity contribution in [2.24, 2.45) is 0 Å². The summed E-state index contributed by atoms with van der Waals surface area (Å²) in [4.78, 5) is 0. The van der Waals surface area contributed by atoms with Crippen molar-refractivity contribution in [1.82, 2.24) is 0 Å². The molecule has 0 aliphatic carbocycles. The molecule has 0 saturated carbocycles. The van der Waals surface area contributed by atoms with Gasteiger partial charge in [-0.25, -0.2) is 0 Å². The molecule has 0 aromatic heterocycles. The molecule has 13 heavy (non-hydrogen) atoms. The molecule has 0 heterocycles. The topological polar surface area (TPSA) is 80.9 Å². The van der Waals surface area contributed by atoms with E-state index in [4.69, 9.17) is 20.4 Å². The van der Waals surface area contributed by atoms with Crippen molar-refractivity contribution in [2.45, 2.75) is 27.7 Å². The lowest BCUT2D eigenvalue weighted by molar-refractivity contribution is 0.318. The van der Waals surface area contributed by atoms with Gasteiger partial charge in [0.1, 0.15) is 0 Å². The van der Waals surface area contributed by atoms with Gasteiger partial charge in [-0.1, -0.05) is 0 Å². The van der Waals surface area contributed by atoms with E-state index in [2.05, 4.69) is 0 Å². The lowest BCUT2D eigenvalue weighted by Gasteiger charge is -1.52. The molecule has 0 rings (SSSR count). The summed E-state index contributed by atoms with van der Waals surface area (Å²) in [5, 5.41) is 30.3. The zero-order chi connectivity index (χ0) is 10.8. The van der Waals surface area contributed by atoms with E-state index in [9.17, 15) is 0 Å². The van der Waals surface area contributed by atoms with Gasteiger partial charge >= 0.3 is 0 Å². The van der Waals surface area contributed by atoms with Crippen LogP contribution in [0.15, 0.2) is 0 Å². The molecule has 0 spiro atoms. The standard InChI is InChI=1S/4C2H6O.FH/c4*1-2-3;/h4*3H,2H2,1H3;1H. The fraction of sp³-hybridized carbons (Fsp3) is 1.00. The Kier molecular flexibility index (Phi) is 217. The molecule has 88 valence electrons. The molecule has 0 radical (unpaired) electrons. The zero-order valence-corrected chi connectivity index (χ0v) is 9.03. The fourth-order valence-electron chi connectivity index (χ4n) is 0. The molecule has 0 unspecified atom stereocenters. The molecule has 0 atom stereocenters. The van der Waals surface area contributed by atoms with Crippen molar-refractivity contribution < 1.29 is 25.1 Å². The van der Waals surface area contributed by atoms with Crippen LogP contribution >= 0.6 is 0 Å². The van der Waals surface area contributed by atoms with E-state index in [1.165, 1.54) is 0 Å². The molecule has 4 N–H and O–H groups in total. The average molecular weight is 204 g/mol. The molecule has 0 aliphatic heterocycles. The summed E-state index contributed by atoms with van der Waals surface area (Å²) in [5.74, 6) is 0. The summed E-state index contributed by atoms with van der Waals surface area (Å²) in [6, 6.07) is 0. The second-order valence-corrected chi connectivity index (χ2v) is 1.26. The quantitative estimate of drug-likeness (QED) is 0.452. The maximum atomic E-state index is 7.57. The van der Waals surface area contributed by atoms with Gasteiger partial charge in [-0.3, -0.25) is 4.70 Å². The highest BCUT2D eigenvalue weighted by molar-refractivity contribution is 3.84. The van der Waals surface area contributed by atoms with Crippen molar-refractivity contribution >= 4 is 0 Å². The third-order valence-electron chi connectivity index (χ3n) is 0. The molecule has 0 saturated heterocycles. The van der Waals surface area contributed by atoms with Gasteiger partial charge in [0.05, 0.1) is 0 Å². The Morgan fingerprint density at radius 2 is 0.538 bits per heavy atom. The highest BCUT2D eigenvalue weighted by atomic mass is 19.0. The molecule has 0 fully saturated rings. The Bertz CT molecular complexity index is 24.1. The molecule has 5 heteroatoms. The molecular weight excluding hydrogens is 179 g/mol. The zero-order valence-electron chi connectivity index (χ0n) is 9.03. The molecule has 4 nitrogen and oxygen atoms in total. The summed E-state index contributed by atoms with van der Waals surface area (Å²) >= 11 is 0. The third-order valence-corrected chi connectivity index (χ3v) is 0. The lowest BCUT2D eigenvalue weighted by atomic mass is 10.9. The lowest BCUT2D eigenvalue weighted by Crippen LogP contribution is -1.57. The van der Waals surface area contributed by atoms with E-state index in [0.29, 0.717) is 0 Å². The molecule has 0 bridgehead atoms. The maximum Gasteiger partial charge on any atom is 0.0402 e. The van der Waals surface area contributed by atoms with E-state index in [1.807, 2.05) is 0 Å². The number of aliphatic hydroxyl groups is 4. The maximum absolute atomic E-state index is 7.57. The van der Waals surface area contributed by atoms with Crippen molar-refractivity contribution in [3.05, 3.63) is 0 Å². The average Bonchev–Trinajstić information content (AvgIpc) is 1.92. The second kappa shape index (κ2) is 96.1. The summed E-state index contributed by atoms with van der Waals surface area (Å²) in [6.07, 6.45) is 0. The summed E-state index contributed by atoms with van der Waals surface area (Å²) in [5.41, 5.74) is 0. The van der Waals surface area contributed by atoms with Crippen LogP contribution in [-0.2, 0) is 0 Å². The summed E-state index contributed by atoms with van der Waals surface area (Å²) in [6.45, 7) is 7.72. The van der Waals surface area contributed by atoms with Crippen LogP contribution in [0.1, 0.15) is 27.7 Å². The minimum atomic E-state index is 0. The SMILES string of the molecule is CCO.CCO.CCO.CCO.F. The van der Waals surface area contributed by atoms with Crippen LogP contribution in [-0.4, -0.2) is 46.9 Å². The van der Waals surface area contributed by atoms with Crippen LogP contribution in [0.2, 0.25) is 0 Å². The summed E-state index contributed by atoms with van der Waals surface area (Å²) < 4.78 is 0. The van der Waals surface area contributed by atoms with Gasteiger partial charge in [-0.05, 0) is 27.7 Å². The van der Waals surface area contributed by atoms with Crippen molar-refractivity contribution in [3.63, 3.8) is 0 Å². The number of halogens is 1. The number of hydrogen-bond donors (Lipinski definition) is 4. The first-order valence-electron chi connectivity index (χ1n) is 4.09. The van der Waals surface area contributed by atoms with Gasteiger partial charge in [0, 0.05) is 26.4 Å². The monoisotopic (exact) mass is 204 g/mol. The van der Waals surface area contributed by atoms with E-state index in [1.54, 1.807) is 27.7 Å². The molecule has 0 aromatic rings. The van der Waals surface area contributed by atoms with E-state index >= 15 is 0 Å².